The van der Waals surface area contributed by atoms with E-state index in [-0.39, 0.29) is 25.3 Å². The number of allylic oxidation sites excluding steroid dienone is 1. The summed E-state index contributed by atoms with van der Waals surface area (Å²) in [4.78, 5) is 52.8. The van der Waals surface area contributed by atoms with E-state index >= 15 is 0 Å². The number of carbonyl (C=O) groups is 3. The molecule has 7 rings (SSSR count). The molecule has 3 fully saturated rings. The van der Waals surface area contributed by atoms with Gasteiger partial charge in [0.15, 0.2) is 0 Å². The van der Waals surface area contributed by atoms with Crippen LogP contribution in [-0.2, 0) is 29.1 Å². The van der Waals surface area contributed by atoms with E-state index in [0.717, 1.165) is 12.1 Å². The van der Waals surface area contributed by atoms with Crippen LogP contribution in [0.1, 0.15) is 64.5 Å². The number of nitrogens with zero attached hydrogens (tertiary/aromatic N) is 3. The van der Waals surface area contributed by atoms with Gasteiger partial charge in [0.25, 0.3) is 11.8 Å². The van der Waals surface area contributed by atoms with Crippen LogP contribution < -0.4 is 19.5 Å². The second kappa shape index (κ2) is 13.9. The predicted molar refractivity (Wildman–Crippen MR) is 196 cm³/mol. The van der Waals surface area contributed by atoms with Crippen LogP contribution in [0.25, 0.3) is 21.6 Å². The molecule has 13 nitrogen and oxygen atoms in total. The summed E-state index contributed by atoms with van der Waals surface area (Å²) in [6.45, 7) is 5.57. The van der Waals surface area contributed by atoms with Crippen molar-refractivity contribution in [1.29, 1.82) is 0 Å². The van der Waals surface area contributed by atoms with Gasteiger partial charge >= 0.3 is 0 Å². The molecule has 1 saturated heterocycles. The molecule has 3 aromatic rings. The van der Waals surface area contributed by atoms with Crippen LogP contribution in [0, 0.1) is 12.8 Å². The molecule has 3 amide bonds. The minimum Gasteiger partial charge on any atom is -0.495 e. The Morgan fingerprint density at radius 2 is 1.98 bits per heavy atom. The second-order valence-electron chi connectivity index (χ2n) is 14.4. The Hall–Kier alpha value is -3.79. The van der Waals surface area contributed by atoms with Crippen molar-refractivity contribution in [3.05, 3.63) is 46.4 Å². The number of halogens is 1. The number of hydrogen-bond acceptors (Lipinski definition) is 11. The van der Waals surface area contributed by atoms with Gasteiger partial charge in [0, 0.05) is 41.5 Å². The fraction of sp³-hybridized carbons (Fsp3) is 0.528. The van der Waals surface area contributed by atoms with E-state index in [1.807, 2.05) is 24.5 Å². The summed E-state index contributed by atoms with van der Waals surface area (Å²) in [6.07, 6.45) is 5.79. The van der Waals surface area contributed by atoms with Crippen molar-refractivity contribution in [2.75, 3.05) is 20.3 Å². The maximum absolute atomic E-state index is 14.3. The molecule has 2 aliphatic heterocycles. The molecule has 5 atom stereocenters. The molecule has 4 heterocycles. The van der Waals surface area contributed by atoms with Crippen LogP contribution in [0.15, 0.2) is 35.7 Å². The van der Waals surface area contributed by atoms with Gasteiger partial charge < -0.3 is 24.4 Å². The third-order valence-corrected chi connectivity index (χ3v) is 14.0. The fourth-order valence-electron chi connectivity index (χ4n) is 6.86. The number of hydrogen-bond donors (Lipinski definition) is 2. The molecule has 2 aromatic heterocycles. The number of aryl methyl sites for hydroxylation is 1. The van der Waals surface area contributed by atoms with E-state index in [0.29, 0.717) is 70.4 Å². The molecule has 0 unspecified atom stereocenters. The predicted octanol–water partition coefficient (Wildman–Crippen LogP) is 4.70. The van der Waals surface area contributed by atoms with Crippen LogP contribution in [0.4, 0.5) is 0 Å². The average molecular weight is 772 g/mol. The van der Waals surface area contributed by atoms with Crippen LogP contribution in [-0.4, -0.2) is 89.8 Å². The molecule has 4 aliphatic rings. The molecule has 1 aromatic carbocycles. The van der Waals surface area contributed by atoms with Gasteiger partial charge in [-0.2, -0.15) is 0 Å². The van der Waals surface area contributed by atoms with Crippen molar-refractivity contribution in [2.45, 2.75) is 94.3 Å². The largest absolute Gasteiger partial charge is 0.495 e. The molecule has 0 radical (unpaired) electrons. The van der Waals surface area contributed by atoms with E-state index in [9.17, 15) is 22.8 Å². The molecule has 2 aliphatic carbocycles. The Morgan fingerprint density at radius 1 is 1.19 bits per heavy atom. The minimum atomic E-state index is -3.96. The lowest BCUT2D eigenvalue weighted by molar-refractivity contribution is -0.147. The van der Waals surface area contributed by atoms with Gasteiger partial charge in [-0.25, -0.2) is 18.4 Å². The topological polar surface area (TPSA) is 166 Å². The summed E-state index contributed by atoms with van der Waals surface area (Å²) in [6, 6.07) is 4.25. The first-order valence-corrected chi connectivity index (χ1v) is 20.2. The lowest BCUT2D eigenvalue weighted by Crippen LogP contribution is -2.57. The quantitative estimate of drug-likeness (QED) is 0.322. The maximum Gasteiger partial charge on any atom is 0.259 e. The number of fused-ring (bicyclic) bond motifs is 3. The molecule has 52 heavy (non-hydrogen) atoms. The van der Waals surface area contributed by atoms with Crippen molar-refractivity contribution in [3.63, 3.8) is 0 Å². The number of rotatable bonds is 7. The monoisotopic (exact) mass is 771 g/mol. The first kappa shape index (κ1) is 36.6. The Kier molecular flexibility index (Phi) is 9.76. The highest BCUT2D eigenvalue weighted by atomic mass is 35.5. The van der Waals surface area contributed by atoms with Gasteiger partial charge in [-0.1, -0.05) is 23.8 Å². The van der Waals surface area contributed by atoms with Gasteiger partial charge in [-0.3, -0.25) is 19.1 Å². The molecular formula is C36H42ClN5O8S2. The van der Waals surface area contributed by atoms with Gasteiger partial charge in [-0.15, -0.1) is 11.3 Å². The van der Waals surface area contributed by atoms with E-state index in [4.69, 9.17) is 30.8 Å². The summed E-state index contributed by atoms with van der Waals surface area (Å²) < 4.78 is 45.4. The average Bonchev–Trinajstić information content (AvgIpc) is 3.91. The van der Waals surface area contributed by atoms with Gasteiger partial charge in [-0.05, 0) is 71.4 Å². The minimum absolute atomic E-state index is 0.0548. The van der Waals surface area contributed by atoms with Gasteiger partial charge in [0.2, 0.25) is 15.9 Å². The fourth-order valence-corrected chi connectivity index (χ4v) is 9.21. The standard InChI is InChI=1S/C36H42ClN5O8S2/c1-20-19-51-32(38-20)25-16-28(24-10-11-27(48-4)29(37)30(24)39-25)50-23-15-26-31(43)40-36(34(45)41-52(46,47)35(3)12-13-35)17-22(36)9-7-5-6-8-14-49-21(2)33(44)42(26)18-23/h7,9-11,16,19,21-23,26H,5-6,8,12-15,17-18H2,1-4H3,(H,40,43)(H,41,45)/b9-7-/t21-,22-,23-,26+,36-/m1/s1. The molecule has 0 bridgehead atoms. The Balaban J connectivity index is 1.21. The molecular weight excluding hydrogens is 730 g/mol. The van der Waals surface area contributed by atoms with Crippen molar-refractivity contribution in [1.82, 2.24) is 24.9 Å². The number of benzene rings is 1. The van der Waals surface area contributed by atoms with Crippen LogP contribution in [0.3, 0.4) is 0 Å². The lowest BCUT2D eigenvalue weighted by Gasteiger charge is -2.28. The van der Waals surface area contributed by atoms with Gasteiger partial charge in [0.1, 0.15) is 51.0 Å². The highest BCUT2D eigenvalue weighted by Gasteiger charge is 2.63. The summed E-state index contributed by atoms with van der Waals surface area (Å²) in [5.41, 5.74) is 0.345. The first-order chi connectivity index (χ1) is 24.7. The van der Waals surface area contributed by atoms with Crippen LogP contribution in [0.5, 0.6) is 11.5 Å². The van der Waals surface area contributed by atoms with Crippen molar-refractivity contribution < 1.29 is 37.0 Å². The summed E-state index contributed by atoms with van der Waals surface area (Å²) in [7, 11) is -2.44. The molecule has 278 valence electrons. The Labute approximate surface area is 311 Å². The second-order valence-corrected chi connectivity index (χ2v) is 17.8. The number of ether oxygens (including phenoxy) is 3. The number of carbonyl (C=O) groups excluding carboxylic acids is 3. The van der Waals surface area contributed by atoms with Crippen LogP contribution in [0.2, 0.25) is 5.02 Å². The molecule has 2 saturated carbocycles. The summed E-state index contributed by atoms with van der Waals surface area (Å²) >= 11 is 8.17. The normalized spacial score (nSPS) is 28.1. The molecule has 2 N–H and O–H groups in total. The summed E-state index contributed by atoms with van der Waals surface area (Å²) in [5.74, 6) is -1.27. The first-order valence-electron chi connectivity index (χ1n) is 17.5. The summed E-state index contributed by atoms with van der Waals surface area (Å²) in [5, 5.41) is 6.39. The number of nitrogens with one attached hydrogen (secondary N) is 2. The Bertz CT molecular complexity index is 2070. The van der Waals surface area contributed by atoms with Gasteiger partial charge in [0.05, 0.1) is 23.9 Å². The SMILES string of the molecule is COc1ccc2c(O[C@@H]3C[C@H]4C(=O)N[C@]5(C(=O)NS(=O)(=O)C6(C)CC6)C[C@H]5/C=C\CCCCO[C@H](C)C(=O)N4C3)cc(-c3nc(C)cs3)nc2c1Cl. The zero-order valence-corrected chi connectivity index (χ0v) is 31.8. The molecule has 16 heteroatoms. The highest BCUT2D eigenvalue weighted by Crippen LogP contribution is 2.48. The van der Waals surface area contributed by atoms with Crippen molar-refractivity contribution in [3.8, 4) is 22.2 Å². The zero-order valence-electron chi connectivity index (χ0n) is 29.4. The van der Waals surface area contributed by atoms with E-state index < -0.39 is 56.3 Å². The number of methoxy groups -OCH3 is 1. The van der Waals surface area contributed by atoms with E-state index in [1.165, 1.54) is 23.3 Å². The number of sulfonamides is 1. The third kappa shape index (κ3) is 6.88. The van der Waals surface area contributed by atoms with E-state index in [1.54, 1.807) is 32.0 Å². The lowest BCUT2D eigenvalue weighted by atomic mass is 10.1. The zero-order chi connectivity index (χ0) is 37.0. The maximum atomic E-state index is 14.3. The molecule has 0 spiro atoms. The van der Waals surface area contributed by atoms with Crippen molar-refractivity contribution >= 4 is 61.6 Å². The smallest absolute Gasteiger partial charge is 0.259 e. The van der Waals surface area contributed by atoms with Crippen LogP contribution >= 0.6 is 22.9 Å². The number of thiazole rings is 1. The Morgan fingerprint density at radius 3 is 2.69 bits per heavy atom. The number of aromatic nitrogens is 2. The third-order valence-electron chi connectivity index (χ3n) is 10.5. The van der Waals surface area contributed by atoms with E-state index in [2.05, 4.69) is 15.0 Å². The number of amides is 3. The van der Waals surface area contributed by atoms with Crippen molar-refractivity contribution in [2.24, 2.45) is 5.92 Å². The number of pyridine rings is 1. The highest BCUT2D eigenvalue weighted by molar-refractivity contribution is 7.91.